The highest BCUT2D eigenvalue weighted by molar-refractivity contribution is 6.50. The number of hydrogen-bond donors (Lipinski definition) is 0. The Morgan fingerprint density at radius 3 is 2.29 bits per heavy atom. The molecule has 1 radical (unpaired) electrons. The number of rotatable bonds is 3. The van der Waals surface area contributed by atoms with Crippen molar-refractivity contribution in [3.8, 4) is 0 Å². The van der Waals surface area contributed by atoms with Crippen LogP contribution in [-0.2, 0) is 4.43 Å². The van der Waals surface area contributed by atoms with Crippen LogP contribution in [-0.4, -0.2) is 16.2 Å². The zero-order chi connectivity index (χ0) is 5.70. The number of hydrogen-bond acceptors (Lipinski definition) is 1. The normalized spacial score (nSPS) is 10.3. The molecule has 0 N–H and O–H groups in total. The molecular formula is C5H13OSi. The first kappa shape index (κ1) is 7.18. The molecule has 0 fully saturated rings. The second-order valence-electron chi connectivity index (χ2n) is 1.66. The van der Waals surface area contributed by atoms with E-state index in [2.05, 4.69) is 13.5 Å². The van der Waals surface area contributed by atoms with Crippen molar-refractivity contribution in [1.82, 2.24) is 0 Å². The summed E-state index contributed by atoms with van der Waals surface area (Å²) in [6, 6.07) is 1.28. The van der Waals surface area contributed by atoms with Gasteiger partial charge in [0.05, 0.1) is 0 Å². The molecule has 0 bridgehead atoms. The maximum Gasteiger partial charge on any atom is 0.207 e. The monoisotopic (exact) mass is 117 g/mol. The molecule has 0 aliphatic carbocycles. The van der Waals surface area contributed by atoms with Gasteiger partial charge in [-0.05, 0) is 12.6 Å². The molecule has 0 aliphatic rings. The first-order valence-corrected chi connectivity index (χ1v) is 4.79. The molecule has 1 nitrogen and oxygen atoms in total. The van der Waals surface area contributed by atoms with Gasteiger partial charge in [0, 0.05) is 7.11 Å². The Hall–Kier alpha value is 0.177. The van der Waals surface area contributed by atoms with Crippen molar-refractivity contribution in [2.45, 2.75) is 25.9 Å². The average Bonchev–Trinajstić information content (AvgIpc) is 1.68. The lowest BCUT2D eigenvalue weighted by atomic mass is 10.6. The predicted molar refractivity (Wildman–Crippen MR) is 33.7 cm³/mol. The molecule has 0 saturated heterocycles. The van der Waals surface area contributed by atoms with Crippen LogP contribution in [0.4, 0.5) is 0 Å². The fourth-order valence-electron chi connectivity index (χ4n) is 0.454. The third kappa shape index (κ3) is 4.02. The van der Waals surface area contributed by atoms with Crippen molar-refractivity contribution >= 4 is 9.04 Å². The quantitative estimate of drug-likeness (QED) is 0.511. The van der Waals surface area contributed by atoms with E-state index in [0.717, 1.165) is 0 Å². The summed E-state index contributed by atoms with van der Waals surface area (Å²) >= 11 is 0. The SMILES string of the molecule is CCC[Si](C)OC. The van der Waals surface area contributed by atoms with Crippen LogP contribution in [0.25, 0.3) is 0 Å². The highest BCUT2D eigenvalue weighted by atomic mass is 28.3. The van der Waals surface area contributed by atoms with E-state index >= 15 is 0 Å². The first-order valence-electron chi connectivity index (χ1n) is 2.67. The van der Waals surface area contributed by atoms with Crippen molar-refractivity contribution in [3.63, 3.8) is 0 Å². The average molecular weight is 117 g/mol. The lowest BCUT2D eigenvalue weighted by Gasteiger charge is -2.00. The van der Waals surface area contributed by atoms with Gasteiger partial charge in [0.25, 0.3) is 0 Å². The van der Waals surface area contributed by atoms with Gasteiger partial charge in [0.1, 0.15) is 0 Å². The van der Waals surface area contributed by atoms with E-state index in [9.17, 15) is 0 Å². The predicted octanol–water partition coefficient (Wildman–Crippen LogP) is 1.66. The summed E-state index contributed by atoms with van der Waals surface area (Å²) in [4.78, 5) is 0. The van der Waals surface area contributed by atoms with Gasteiger partial charge in [-0.15, -0.1) is 0 Å². The molecule has 7 heavy (non-hydrogen) atoms. The summed E-state index contributed by atoms with van der Waals surface area (Å²) in [6.45, 7) is 4.38. The second-order valence-corrected chi connectivity index (χ2v) is 3.97. The van der Waals surface area contributed by atoms with Crippen LogP contribution < -0.4 is 0 Å². The van der Waals surface area contributed by atoms with E-state index in [-0.39, 0.29) is 9.04 Å². The lowest BCUT2D eigenvalue weighted by molar-refractivity contribution is 0.423. The van der Waals surface area contributed by atoms with Gasteiger partial charge in [-0.25, -0.2) is 0 Å². The van der Waals surface area contributed by atoms with Crippen molar-refractivity contribution < 1.29 is 4.43 Å². The highest BCUT2D eigenvalue weighted by Crippen LogP contribution is 1.94. The lowest BCUT2D eigenvalue weighted by Crippen LogP contribution is -2.07. The van der Waals surface area contributed by atoms with E-state index in [1.807, 2.05) is 0 Å². The van der Waals surface area contributed by atoms with Gasteiger partial charge in [0.15, 0.2) is 0 Å². The summed E-state index contributed by atoms with van der Waals surface area (Å²) in [7, 11) is 1.42. The minimum atomic E-state index is -0.380. The van der Waals surface area contributed by atoms with Gasteiger partial charge in [-0.2, -0.15) is 0 Å². The summed E-state index contributed by atoms with van der Waals surface area (Å²) in [5.74, 6) is 0. The zero-order valence-electron chi connectivity index (χ0n) is 5.32. The van der Waals surface area contributed by atoms with Gasteiger partial charge in [-0.3, -0.25) is 0 Å². The van der Waals surface area contributed by atoms with Crippen LogP contribution in [0.3, 0.4) is 0 Å². The summed E-state index contributed by atoms with van der Waals surface area (Å²) < 4.78 is 5.09. The molecule has 0 heterocycles. The Balaban J connectivity index is 2.83. The Morgan fingerprint density at radius 2 is 2.14 bits per heavy atom. The van der Waals surface area contributed by atoms with Crippen LogP contribution in [0.2, 0.25) is 12.6 Å². The van der Waals surface area contributed by atoms with Crippen LogP contribution in [0, 0.1) is 0 Å². The molecular weight excluding hydrogens is 104 g/mol. The fraction of sp³-hybridized carbons (Fsp3) is 1.00. The van der Waals surface area contributed by atoms with Crippen LogP contribution in [0.15, 0.2) is 0 Å². The highest BCUT2D eigenvalue weighted by Gasteiger charge is 1.97. The topological polar surface area (TPSA) is 9.23 Å². The van der Waals surface area contributed by atoms with E-state index in [4.69, 9.17) is 4.43 Å². The molecule has 0 unspecified atom stereocenters. The minimum absolute atomic E-state index is 0.380. The Labute approximate surface area is 47.4 Å². The molecule has 0 aromatic rings. The molecule has 0 aromatic carbocycles. The van der Waals surface area contributed by atoms with Gasteiger partial charge >= 0.3 is 0 Å². The van der Waals surface area contributed by atoms with E-state index in [1.165, 1.54) is 12.5 Å². The molecule has 0 spiro atoms. The van der Waals surface area contributed by atoms with E-state index < -0.39 is 0 Å². The zero-order valence-corrected chi connectivity index (χ0v) is 6.32. The molecule has 0 aliphatic heterocycles. The Bertz CT molecular complexity index is 39.1. The molecule has 43 valence electrons. The molecule has 0 aromatic heterocycles. The van der Waals surface area contributed by atoms with Gasteiger partial charge in [-0.1, -0.05) is 13.3 Å². The van der Waals surface area contributed by atoms with Crippen molar-refractivity contribution in [1.29, 1.82) is 0 Å². The van der Waals surface area contributed by atoms with Gasteiger partial charge < -0.3 is 4.43 Å². The van der Waals surface area contributed by atoms with Crippen molar-refractivity contribution in [2.75, 3.05) is 7.11 Å². The fourth-order valence-corrected chi connectivity index (χ4v) is 1.36. The first-order chi connectivity index (χ1) is 3.31. The van der Waals surface area contributed by atoms with Crippen molar-refractivity contribution in [2.24, 2.45) is 0 Å². The van der Waals surface area contributed by atoms with E-state index in [1.54, 1.807) is 7.11 Å². The molecule has 2 heteroatoms. The summed E-state index contributed by atoms with van der Waals surface area (Å²) in [5.41, 5.74) is 0. The third-order valence-electron chi connectivity index (χ3n) is 0.951. The molecule has 0 amide bonds. The van der Waals surface area contributed by atoms with Crippen LogP contribution >= 0.6 is 0 Å². The largest absolute Gasteiger partial charge is 0.420 e. The summed E-state index contributed by atoms with van der Waals surface area (Å²) in [6.07, 6.45) is 1.26. The third-order valence-corrected chi connectivity index (χ3v) is 2.85. The molecule has 0 rings (SSSR count). The maximum atomic E-state index is 5.09. The minimum Gasteiger partial charge on any atom is -0.420 e. The second kappa shape index (κ2) is 4.34. The van der Waals surface area contributed by atoms with Crippen LogP contribution in [0.1, 0.15) is 13.3 Å². The maximum absolute atomic E-state index is 5.09. The van der Waals surface area contributed by atoms with Gasteiger partial charge in [0.2, 0.25) is 9.04 Å². The molecule has 0 atom stereocenters. The van der Waals surface area contributed by atoms with Crippen LogP contribution in [0.5, 0.6) is 0 Å². The van der Waals surface area contributed by atoms with Crippen molar-refractivity contribution in [3.05, 3.63) is 0 Å². The standard InChI is InChI=1S/C5H13OSi/c1-4-5-7(3)6-2/h4-5H2,1-3H3. The smallest absolute Gasteiger partial charge is 0.207 e. The van der Waals surface area contributed by atoms with E-state index in [0.29, 0.717) is 0 Å². The summed E-state index contributed by atoms with van der Waals surface area (Å²) in [5, 5.41) is 0. The Morgan fingerprint density at radius 1 is 1.57 bits per heavy atom. The molecule has 0 saturated carbocycles. The Kier molecular flexibility index (Phi) is 4.45.